The van der Waals surface area contributed by atoms with Crippen molar-refractivity contribution in [3.05, 3.63) is 29.8 Å². The van der Waals surface area contributed by atoms with Gasteiger partial charge in [-0.25, -0.2) is 0 Å². The quantitative estimate of drug-likeness (QED) is 0.875. The number of hydrogen-bond acceptors (Lipinski definition) is 2. The molecule has 2 atom stereocenters. The van der Waals surface area contributed by atoms with Gasteiger partial charge < -0.3 is 10.0 Å². The summed E-state index contributed by atoms with van der Waals surface area (Å²) in [4.78, 5) is 2.29. The standard InChI is InChI=1S/C14H23NO.ClH/c1-5-14(15(3)4)11(2)9-12-7-6-8-13(16)10-12;/h6-8,10-11,14,16H,5,9H2,1-4H3;1H/t11-,14?;/m1./s1. The van der Waals surface area contributed by atoms with Crippen molar-refractivity contribution in [2.45, 2.75) is 32.7 Å². The molecule has 0 heterocycles. The van der Waals surface area contributed by atoms with Crippen molar-refractivity contribution >= 4 is 12.4 Å². The second-order valence-electron chi connectivity index (χ2n) is 4.79. The molecule has 2 nitrogen and oxygen atoms in total. The molecule has 1 N–H and O–H groups in total. The van der Waals surface area contributed by atoms with E-state index >= 15 is 0 Å². The number of phenolic OH excluding ortho intramolecular Hbond substituents is 1. The van der Waals surface area contributed by atoms with Gasteiger partial charge in [-0.3, -0.25) is 0 Å². The lowest BCUT2D eigenvalue weighted by Crippen LogP contribution is -2.34. The number of nitrogens with zero attached hydrogens (tertiary/aromatic N) is 1. The van der Waals surface area contributed by atoms with Crippen LogP contribution in [0.1, 0.15) is 25.8 Å². The Hall–Kier alpha value is -0.730. The van der Waals surface area contributed by atoms with Crippen LogP contribution >= 0.6 is 12.4 Å². The topological polar surface area (TPSA) is 23.5 Å². The van der Waals surface area contributed by atoms with Crippen molar-refractivity contribution in [3.8, 4) is 5.75 Å². The highest BCUT2D eigenvalue weighted by molar-refractivity contribution is 5.85. The summed E-state index contributed by atoms with van der Waals surface area (Å²) in [5.74, 6) is 0.962. The predicted octanol–water partition coefficient (Wildman–Crippen LogP) is 3.33. The van der Waals surface area contributed by atoms with Gasteiger partial charge in [0.2, 0.25) is 0 Å². The van der Waals surface area contributed by atoms with Crippen molar-refractivity contribution in [2.75, 3.05) is 14.1 Å². The fourth-order valence-corrected chi connectivity index (χ4v) is 2.47. The lowest BCUT2D eigenvalue weighted by atomic mass is 9.91. The van der Waals surface area contributed by atoms with Gasteiger partial charge in [-0.05, 0) is 50.6 Å². The molecular weight excluding hydrogens is 234 g/mol. The number of phenols is 1. The first-order chi connectivity index (χ1) is 7.54. The van der Waals surface area contributed by atoms with Crippen molar-refractivity contribution in [3.63, 3.8) is 0 Å². The van der Waals surface area contributed by atoms with Gasteiger partial charge in [0.1, 0.15) is 5.75 Å². The van der Waals surface area contributed by atoms with Gasteiger partial charge in [0.25, 0.3) is 0 Å². The minimum atomic E-state index is 0. The van der Waals surface area contributed by atoms with E-state index < -0.39 is 0 Å². The largest absolute Gasteiger partial charge is 0.508 e. The summed E-state index contributed by atoms with van der Waals surface area (Å²) in [6.45, 7) is 4.50. The van der Waals surface area contributed by atoms with Gasteiger partial charge in [-0.2, -0.15) is 0 Å². The van der Waals surface area contributed by atoms with E-state index in [0.717, 1.165) is 12.8 Å². The van der Waals surface area contributed by atoms with E-state index in [1.54, 1.807) is 6.07 Å². The van der Waals surface area contributed by atoms with E-state index in [0.29, 0.717) is 17.7 Å². The van der Waals surface area contributed by atoms with Crippen LogP contribution in [0.25, 0.3) is 0 Å². The third kappa shape index (κ3) is 4.97. The summed E-state index contributed by atoms with van der Waals surface area (Å²) in [5.41, 5.74) is 1.22. The van der Waals surface area contributed by atoms with Crippen LogP contribution in [0.2, 0.25) is 0 Å². The van der Waals surface area contributed by atoms with Crippen LogP contribution in [0.3, 0.4) is 0 Å². The summed E-state index contributed by atoms with van der Waals surface area (Å²) < 4.78 is 0. The van der Waals surface area contributed by atoms with Crippen LogP contribution in [-0.2, 0) is 6.42 Å². The molecule has 0 saturated heterocycles. The molecule has 0 fully saturated rings. The van der Waals surface area contributed by atoms with Gasteiger partial charge in [0.15, 0.2) is 0 Å². The van der Waals surface area contributed by atoms with E-state index in [-0.39, 0.29) is 12.4 Å². The third-order valence-corrected chi connectivity index (χ3v) is 3.21. The Morgan fingerprint density at radius 3 is 2.41 bits per heavy atom. The molecule has 0 aliphatic heterocycles. The molecule has 1 rings (SSSR count). The fourth-order valence-electron chi connectivity index (χ4n) is 2.47. The fraction of sp³-hybridized carbons (Fsp3) is 0.571. The zero-order valence-electron chi connectivity index (χ0n) is 11.2. The summed E-state index contributed by atoms with van der Waals surface area (Å²) in [5, 5.41) is 9.42. The zero-order chi connectivity index (χ0) is 12.1. The van der Waals surface area contributed by atoms with Gasteiger partial charge in [-0.15, -0.1) is 12.4 Å². The summed E-state index contributed by atoms with van der Waals surface area (Å²) in [6, 6.07) is 8.17. The molecule has 0 saturated carbocycles. The number of aromatic hydroxyl groups is 1. The Balaban J connectivity index is 0.00000256. The number of rotatable bonds is 5. The minimum Gasteiger partial charge on any atom is -0.508 e. The maximum absolute atomic E-state index is 9.42. The van der Waals surface area contributed by atoms with Crippen molar-refractivity contribution in [1.29, 1.82) is 0 Å². The second-order valence-corrected chi connectivity index (χ2v) is 4.79. The highest BCUT2D eigenvalue weighted by Gasteiger charge is 2.17. The summed E-state index contributed by atoms with van der Waals surface area (Å²) in [7, 11) is 4.26. The Kier molecular flexibility index (Phi) is 7.24. The van der Waals surface area contributed by atoms with Crippen molar-refractivity contribution in [1.82, 2.24) is 4.90 Å². The molecule has 1 aromatic carbocycles. The molecule has 0 aliphatic carbocycles. The van der Waals surface area contributed by atoms with Crippen LogP contribution in [-0.4, -0.2) is 30.1 Å². The Morgan fingerprint density at radius 1 is 1.29 bits per heavy atom. The van der Waals surface area contributed by atoms with Gasteiger partial charge >= 0.3 is 0 Å². The molecule has 3 heteroatoms. The van der Waals surface area contributed by atoms with E-state index in [1.807, 2.05) is 12.1 Å². The van der Waals surface area contributed by atoms with Crippen LogP contribution in [0.15, 0.2) is 24.3 Å². The van der Waals surface area contributed by atoms with E-state index in [9.17, 15) is 5.11 Å². The van der Waals surface area contributed by atoms with Crippen LogP contribution in [0, 0.1) is 5.92 Å². The van der Waals surface area contributed by atoms with E-state index in [1.165, 1.54) is 5.56 Å². The average Bonchev–Trinajstić information content (AvgIpc) is 2.17. The molecule has 1 unspecified atom stereocenters. The Bertz CT molecular complexity index is 328. The SMILES string of the molecule is CCC([C@H](C)Cc1cccc(O)c1)N(C)C.Cl. The molecule has 0 amide bonds. The van der Waals surface area contributed by atoms with E-state index in [2.05, 4.69) is 38.9 Å². The monoisotopic (exact) mass is 257 g/mol. The lowest BCUT2D eigenvalue weighted by molar-refractivity contribution is 0.213. The average molecular weight is 258 g/mol. The molecule has 17 heavy (non-hydrogen) atoms. The number of benzene rings is 1. The van der Waals surface area contributed by atoms with Crippen molar-refractivity contribution in [2.24, 2.45) is 5.92 Å². The molecule has 0 aromatic heterocycles. The molecule has 0 spiro atoms. The molecule has 1 aromatic rings. The third-order valence-electron chi connectivity index (χ3n) is 3.21. The second kappa shape index (κ2) is 7.57. The summed E-state index contributed by atoms with van der Waals surface area (Å²) >= 11 is 0. The van der Waals surface area contributed by atoms with Crippen LogP contribution < -0.4 is 0 Å². The first kappa shape index (κ1) is 16.3. The summed E-state index contributed by atoms with van der Waals surface area (Å²) in [6.07, 6.45) is 2.18. The first-order valence-electron chi connectivity index (χ1n) is 5.99. The Labute approximate surface area is 111 Å². The van der Waals surface area contributed by atoms with E-state index in [4.69, 9.17) is 0 Å². The van der Waals surface area contributed by atoms with Gasteiger partial charge in [0.05, 0.1) is 0 Å². The Morgan fingerprint density at radius 2 is 1.94 bits per heavy atom. The van der Waals surface area contributed by atoms with Gasteiger partial charge in [0, 0.05) is 6.04 Å². The normalized spacial score (nSPS) is 14.2. The molecule has 0 radical (unpaired) electrons. The highest BCUT2D eigenvalue weighted by atomic mass is 35.5. The van der Waals surface area contributed by atoms with Crippen molar-refractivity contribution < 1.29 is 5.11 Å². The minimum absolute atomic E-state index is 0. The molecular formula is C14H24ClNO. The highest BCUT2D eigenvalue weighted by Crippen LogP contribution is 2.20. The smallest absolute Gasteiger partial charge is 0.115 e. The predicted molar refractivity (Wildman–Crippen MR) is 76.0 cm³/mol. The lowest BCUT2D eigenvalue weighted by Gasteiger charge is -2.29. The van der Waals surface area contributed by atoms with Crippen LogP contribution in [0.5, 0.6) is 5.75 Å². The molecule has 0 bridgehead atoms. The maximum atomic E-state index is 9.42. The molecule has 0 aliphatic rings. The maximum Gasteiger partial charge on any atom is 0.115 e. The van der Waals surface area contributed by atoms with Gasteiger partial charge in [-0.1, -0.05) is 26.0 Å². The number of hydrogen-bond donors (Lipinski definition) is 1. The zero-order valence-corrected chi connectivity index (χ0v) is 12.0. The molecule has 98 valence electrons. The number of halogens is 1. The van der Waals surface area contributed by atoms with Crippen LogP contribution in [0.4, 0.5) is 0 Å². The first-order valence-corrected chi connectivity index (χ1v) is 5.99.